The van der Waals surface area contributed by atoms with Crippen molar-refractivity contribution < 1.29 is 24.2 Å². The van der Waals surface area contributed by atoms with Gasteiger partial charge in [-0.1, -0.05) is 36.4 Å². The maximum absolute atomic E-state index is 12.0. The molecule has 2 N–H and O–H groups in total. The number of methoxy groups -OCH3 is 1. The Morgan fingerprint density at radius 3 is 2.62 bits per heavy atom. The average Bonchev–Trinajstić information content (AvgIpc) is 2.66. The van der Waals surface area contributed by atoms with Gasteiger partial charge in [-0.05, 0) is 36.3 Å². The summed E-state index contributed by atoms with van der Waals surface area (Å²) in [5.74, 6) is -0.702. The maximum Gasteiger partial charge on any atom is 0.331 e. The minimum Gasteiger partial charge on any atom is -0.504 e. The number of phenols is 1. The first kappa shape index (κ1) is 19.1. The number of hydrogen-bond acceptors (Lipinski definition) is 5. The van der Waals surface area contributed by atoms with Crippen molar-refractivity contribution in [3.05, 3.63) is 65.7 Å². The predicted molar refractivity (Wildman–Crippen MR) is 97.5 cm³/mol. The molecule has 0 aromatic heterocycles. The highest BCUT2D eigenvalue weighted by atomic mass is 16.5. The van der Waals surface area contributed by atoms with Gasteiger partial charge in [0.1, 0.15) is 0 Å². The van der Waals surface area contributed by atoms with Crippen molar-refractivity contribution in [2.24, 2.45) is 0 Å². The first-order chi connectivity index (χ1) is 12.5. The lowest BCUT2D eigenvalue weighted by Gasteiger charge is -2.12. The van der Waals surface area contributed by atoms with Crippen LogP contribution in [0.15, 0.2) is 54.6 Å². The molecule has 0 fully saturated rings. The second kappa shape index (κ2) is 9.27. The molecule has 0 aliphatic heterocycles. The number of ether oxygens (including phenoxy) is 2. The second-order valence-electron chi connectivity index (χ2n) is 5.55. The van der Waals surface area contributed by atoms with Crippen LogP contribution in [0.5, 0.6) is 11.5 Å². The highest BCUT2D eigenvalue weighted by molar-refractivity contribution is 5.90. The molecule has 0 bridgehead atoms. The number of carbonyl (C=O) groups excluding carboxylic acids is 2. The molecule has 6 nitrogen and oxygen atoms in total. The molecule has 26 heavy (non-hydrogen) atoms. The number of carbonyl (C=O) groups is 2. The van der Waals surface area contributed by atoms with E-state index in [2.05, 4.69) is 5.32 Å². The average molecular weight is 355 g/mol. The molecule has 1 amide bonds. The lowest BCUT2D eigenvalue weighted by molar-refractivity contribution is -0.150. The number of amides is 1. The summed E-state index contributed by atoms with van der Waals surface area (Å²) in [5, 5.41) is 12.3. The van der Waals surface area contributed by atoms with Crippen molar-refractivity contribution in [1.82, 2.24) is 5.32 Å². The normalized spacial score (nSPS) is 11.8. The first-order valence-electron chi connectivity index (χ1n) is 8.07. The van der Waals surface area contributed by atoms with Crippen molar-refractivity contribution in [2.45, 2.75) is 19.6 Å². The van der Waals surface area contributed by atoms with Gasteiger partial charge in [0.05, 0.1) is 7.11 Å². The van der Waals surface area contributed by atoms with E-state index in [-0.39, 0.29) is 11.7 Å². The summed E-state index contributed by atoms with van der Waals surface area (Å²) in [7, 11) is 1.44. The highest BCUT2D eigenvalue weighted by Crippen LogP contribution is 2.26. The molecule has 0 radical (unpaired) electrons. The van der Waals surface area contributed by atoms with E-state index in [9.17, 15) is 14.7 Å². The van der Waals surface area contributed by atoms with Crippen LogP contribution in [0.25, 0.3) is 6.08 Å². The molecule has 0 spiro atoms. The number of aromatic hydroxyl groups is 1. The zero-order valence-electron chi connectivity index (χ0n) is 14.6. The van der Waals surface area contributed by atoms with Crippen molar-refractivity contribution >= 4 is 18.0 Å². The van der Waals surface area contributed by atoms with Gasteiger partial charge in [-0.3, -0.25) is 4.79 Å². The summed E-state index contributed by atoms with van der Waals surface area (Å²) in [6.07, 6.45) is 1.82. The Bertz CT molecular complexity index is 786. The third-order valence-electron chi connectivity index (χ3n) is 3.59. The summed E-state index contributed by atoms with van der Waals surface area (Å²) in [5.41, 5.74) is 1.61. The minimum atomic E-state index is -0.912. The summed E-state index contributed by atoms with van der Waals surface area (Å²) in [6, 6.07) is 14.1. The predicted octanol–water partition coefficient (Wildman–Crippen LogP) is 2.66. The van der Waals surface area contributed by atoms with E-state index >= 15 is 0 Å². The number of benzene rings is 2. The lowest BCUT2D eigenvalue weighted by Crippen LogP contribution is -2.35. The number of esters is 1. The third-order valence-corrected chi connectivity index (χ3v) is 3.59. The first-order valence-corrected chi connectivity index (χ1v) is 8.07. The molecule has 2 rings (SSSR count). The van der Waals surface area contributed by atoms with E-state index in [1.807, 2.05) is 30.3 Å². The maximum atomic E-state index is 12.0. The van der Waals surface area contributed by atoms with E-state index in [0.717, 1.165) is 5.56 Å². The molecule has 0 aliphatic rings. The second-order valence-corrected chi connectivity index (χ2v) is 5.55. The van der Waals surface area contributed by atoms with Crippen LogP contribution in [-0.4, -0.2) is 30.2 Å². The largest absolute Gasteiger partial charge is 0.504 e. The molecule has 2 aromatic rings. The van der Waals surface area contributed by atoms with Crippen LogP contribution in [0.4, 0.5) is 0 Å². The van der Waals surface area contributed by atoms with Gasteiger partial charge < -0.3 is 19.9 Å². The molecule has 136 valence electrons. The fourth-order valence-electron chi connectivity index (χ4n) is 2.16. The van der Waals surface area contributed by atoms with Crippen LogP contribution in [0.1, 0.15) is 18.1 Å². The van der Waals surface area contributed by atoms with Crippen molar-refractivity contribution in [2.75, 3.05) is 7.11 Å². The summed E-state index contributed by atoms with van der Waals surface area (Å²) in [4.78, 5) is 23.8. The Morgan fingerprint density at radius 1 is 1.19 bits per heavy atom. The summed E-state index contributed by atoms with van der Waals surface area (Å²) in [6.45, 7) is 1.88. The molecule has 0 saturated carbocycles. The van der Waals surface area contributed by atoms with E-state index in [4.69, 9.17) is 9.47 Å². The molecule has 0 unspecified atom stereocenters. The van der Waals surface area contributed by atoms with Gasteiger partial charge in [0.15, 0.2) is 17.6 Å². The standard InChI is InChI=1S/C20H21NO5/c1-14(20(24)21-13-16-6-4-3-5-7-16)26-19(23)11-9-15-8-10-17(22)18(12-15)25-2/h3-12,14,22H,13H2,1-2H3,(H,21,24)/b11-9+/t14-/m1/s1. The topological polar surface area (TPSA) is 84.9 Å². The van der Waals surface area contributed by atoms with Gasteiger partial charge in [0.25, 0.3) is 5.91 Å². The zero-order chi connectivity index (χ0) is 18.9. The monoisotopic (exact) mass is 355 g/mol. The Labute approximate surface area is 152 Å². The zero-order valence-corrected chi connectivity index (χ0v) is 14.6. The van der Waals surface area contributed by atoms with Crippen molar-refractivity contribution in [3.63, 3.8) is 0 Å². The smallest absolute Gasteiger partial charge is 0.331 e. The molecule has 6 heteroatoms. The van der Waals surface area contributed by atoms with Crippen LogP contribution in [-0.2, 0) is 20.9 Å². The number of rotatable bonds is 7. The number of nitrogens with one attached hydrogen (secondary N) is 1. The molecule has 0 heterocycles. The van der Waals surface area contributed by atoms with Gasteiger partial charge in [0.2, 0.25) is 0 Å². The van der Waals surface area contributed by atoms with Crippen LogP contribution in [0, 0.1) is 0 Å². The highest BCUT2D eigenvalue weighted by Gasteiger charge is 2.16. The lowest BCUT2D eigenvalue weighted by atomic mass is 10.2. The quantitative estimate of drug-likeness (QED) is 0.589. The molecule has 0 saturated heterocycles. The Hall–Kier alpha value is -3.28. The van der Waals surface area contributed by atoms with Crippen LogP contribution >= 0.6 is 0 Å². The molecule has 0 aliphatic carbocycles. The van der Waals surface area contributed by atoms with Crippen LogP contribution in [0.2, 0.25) is 0 Å². The Morgan fingerprint density at radius 2 is 1.92 bits per heavy atom. The summed E-state index contributed by atoms with van der Waals surface area (Å²) >= 11 is 0. The molecular formula is C20H21NO5. The van der Waals surface area contributed by atoms with Gasteiger partial charge in [-0.2, -0.15) is 0 Å². The number of phenolic OH excluding ortho intramolecular Hbond substituents is 1. The van der Waals surface area contributed by atoms with E-state index in [1.165, 1.54) is 32.3 Å². The summed E-state index contributed by atoms with van der Waals surface area (Å²) < 4.78 is 10.1. The van der Waals surface area contributed by atoms with Crippen molar-refractivity contribution in [3.8, 4) is 11.5 Å². The van der Waals surface area contributed by atoms with Gasteiger partial charge in [0, 0.05) is 12.6 Å². The molecule has 2 aromatic carbocycles. The van der Waals surface area contributed by atoms with Crippen molar-refractivity contribution in [1.29, 1.82) is 0 Å². The van der Waals surface area contributed by atoms with Crippen LogP contribution < -0.4 is 10.1 Å². The third kappa shape index (κ3) is 5.66. The van der Waals surface area contributed by atoms with Gasteiger partial charge >= 0.3 is 5.97 Å². The Kier molecular flexibility index (Phi) is 6.79. The van der Waals surface area contributed by atoms with E-state index in [1.54, 1.807) is 12.1 Å². The minimum absolute atomic E-state index is 0.0101. The fraction of sp³-hybridized carbons (Fsp3) is 0.200. The number of hydrogen-bond donors (Lipinski definition) is 2. The Balaban J connectivity index is 1.85. The molecule has 1 atom stereocenters. The molecular weight excluding hydrogens is 334 g/mol. The van der Waals surface area contributed by atoms with Gasteiger partial charge in [-0.25, -0.2) is 4.79 Å². The van der Waals surface area contributed by atoms with Gasteiger partial charge in [-0.15, -0.1) is 0 Å². The SMILES string of the molecule is COc1cc(/C=C/C(=O)O[C@H](C)C(=O)NCc2ccccc2)ccc1O. The fourth-order valence-corrected chi connectivity index (χ4v) is 2.16. The van der Waals surface area contributed by atoms with E-state index in [0.29, 0.717) is 17.9 Å². The van der Waals surface area contributed by atoms with Crippen LogP contribution in [0.3, 0.4) is 0 Å². The van der Waals surface area contributed by atoms with E-state index < -0.39 is 12.1 Å².